The number of aliphatic imine (C=N–C) groups is 2. The highest BCUT2D eigenvalue weighted by Gasteiger charge is 2.44. The maximum atomic E-state index is 13.9. The number of aromatic nitrogens is 1. The van der Waals surface area contributed by atoms with Gasteiger partial charge in [-0.25, -0.2) is 18.8 Å². The molecular formula is C19H15F5N4O2. The van der Waals surface area contributed by atoms with E-state index in [0.29, 0.717) is 6.20 Å². The first-order chi connectivity index (χ1) is 14.2. The van der Waals surface area contributed by atoms with Gasteiger partial charge in [-0.1, -0.05) is 12.1 Å². The second-order valence-electron chi connectivity index (χ2n) is 6.37. The Hall–Kier alpha value is -3.21. The Balaban J connectivity index is 1.86. The van der Waals surface area contributed by atoms with Crippen molar-refractivity contribution in [2.75, 3.05) is 18.5 Å². The number of ether oxygens (including phenoxy) is 1. The van der Waals surface area contributed by atoms with Crippen molar-refractivity contribution in [2.45, 2.75) is 18.1 Å². The van der Waals surface area contributed by atoms with Crippen LogP contribution in [-0.2, 0) is 16.5 Å². The van der Waals surface area contributed by atoms with Gasteiger partial charge in [0.1, 0.15) is 18.1 Å². The predicted octanol–water partition coefficient (Wildman–Crippen LogP) is 3.94. The number of carbonyl (C=O) groups excluding carboxylic acids is 1. The van der Waals surface area contributed by atoms with Gasteiger partial charge in [-0.2, -0.15) is 13.2 Å². The van der Waals surface area contributed by atoms with Gasteiger partial charge in [-0.15, -0.1) is 0 Å². The Morgan fingerprint density at radius 1 is 1.27 bits per heavy atom. The van der Waals surface area contributed by atoms with Gasteiger partial charge in [-0.05, 0) is 36.5 Å². The number of halogens is 5. The van der Waals surface area contributed by atoms with E-state index in [4.69, 9.17) is 4.74 Å². The first-order valence-electron chi connectivity index (χ1n) is 8.52. The van der Waals surface area contributed by atoms with E-state index in [1.807, 2.05) is 0 Å². The minimum atomic E-state index is -4.58. The smallest absolute Gasteiger partial charge is 0.370 e. The zero-order chi connectivity index (χ0) is 21.9. The predicted molar refractivity (Wildman–Crippen MR) is 99.1 cm³/mol. The Labute approximate surface area is 167 Å². The Kier molecular flexibility index (Phi) is 5.92. The summed E-state index contributed by atoms with van der Waals surface area (Å²) in [4.78, 5) is 23.4. The molecule has 11 heteroatoms. The van der Waals surface area contributed by atoms with Crippen molar-refractivity contribution < 1.29 is 31.5 Å². The van der Waals surface area contributed by atoms with Crippen molar-refractivity contribution in [3.63, 3.8) is 0 Å². The number of carbonyl (C=O) groups is 1. The van der Waals surface area contributed by atoms with Crippen LogP contribution in [0.2, 0.25) is 0 Å². The number of amidine groups is 1. The number of anilines is 1. The van der Waals surface area contributed by atoms with Crippen LogP contribution in [0.4, 0.5) is 27.6 Å². The fourth-order valence-electron chi connectivity index (χ4n) is 2.82. The maximum absolute atomic E-state index is 13.9. The van der Waals surface area contributed by atoms with Gasteiger partial charge in [0.05, 0.1) is 12.2 Å². The third-order valence-electron chi connectivity index (χ3n) is 4.37. The lowest BCUT2D eigenvalue weighted by Gasteiger charge is -2.33. The summed E-state index contributed by atoms with van der Waals surface area (Å²) in [5.41, 5.74) is -3.09. The number of benzene rings is 1. The van der Waals surface area contributed by atoms with Crippen LogP contribution in [0, 0.1) is 0 Å². The summed E-state index contributed by atoms with van der Waals surface area (Å²) in [6.45, 7) is 2.83. The van der Waals surface area contributed by atoms with E-state index in [1.54, 1.807) is 0 Å². The highest BCUT2D eigenvalue weighted by Crippen LogP contribution is 2.37. The normalized spacial score (nSPS) is 19.3. The molecule has 1 aliphatic rings. The Bertz CT molecular complexity index is 976. The van der Waals surface area contributed by atoms with Crippen LogP contribution in [0.25, 0.3) is 0 Å². The number of rotatable bonds is 4. The van der Waals surface area contributed by atoms with Crippen LogP contribution >= 0.6 is 0 Å². The molecule has 1 unspecified atom stereocenters. The molecule has 6 nitrogen and oxygen atoms in total. The lowest BCUT2D eigenvalue weighted by molar-refractivity contribution is -0.137. The Morgan fingerprint density at radius 3 is 2.63 bits per heavy atom. The van der Waals surface area contributed by atoms with Gasteiger partial charge in [-0.3, -0.25) is 9.78 Å². The summed E-state index contributed by atoms with van der Waals surface area (Å²) >= 11 is 0. The average Bonchev–Trinajstić information content (AvgIpc) is 2.73. The van der Waals surface area contributed by atoms with Crippen LogP contribution in [-0.4, -0.2) is 43.1 Å². The molecule has 0 aliphatic carbocycles. The highest BCUT2D eigenvalue weighted by atomic mass is 19.4. The number of nitrogens with one attached hydrogen (secondary N) is 1. The summed E-state index contributed by atoms with van der Waals surface area (Å²) in [6.07, 6.45) is -6.98. The number of alkyl halides is 5. The summed E-state index contributed by atoms with van der Waals surface area (Å²) in [7, 11) is 0. The lowest BCUT2D eigenvalue weighted by atomic mass is 9.90. The summed E-state index contributed by atoms with van der Waals surface area (Å²) < 4.78 is 70.9. The molecule has 1 aromatic heterocycles. The van der Waals surface area contributed by atoms with E-state index in [9.17, 15) is 26.7 Å². The largest absolute Gasteiger partial charge is 0.417 e. The standard InChI is InChI=1S/C19H15F5N4O2/c1-25-15-9-30-10-18(28-15,17(20)21)11-3-2-4-13(7-11)27-16(29)14-6-5-12(8-26-14)19(22,23)24/h2-8,17H,1,9-10H2,(H,27,29). The molecular weight excluding hydrogens is 411 g/mol. The van der Waals surface area contributed by atoms with Crippen molar-refractivity contribution in [3.05, 3.63) is 59.4 Å². The molecule has 0 saturated carbocycles. The molecule has 0 fully saturated rings. The highest BCUT2D eigenvalue weighted by molar-refractivity contribution is 6.02. The molecule has 30 heavy (non-hydrogen) atoms. The van der Waals surface area contributed by atoms with Crippen LogP contribution < -0.4 is 5.32 Å². The van der Waals surface area contributed by atoms with Gasteiger partial charge in [0, 0.05) is 11.9 Å². The van der Waals surface area contributed by atoms with Crippen molar-refractivity contribution in [2.24, 2.45) is 9.98 Å². The van der Waals surface area contributed by atoms with Crippen molar-refractivity contribution in [3.8, 4) is 0 Å². The van der Waals surface area contributed by atoms with Gasteiger partial charge in [0.25, 0.3) is 12.3 Å². The van der Waals surface area contributed by atoms with Crippen LogP contribution in [0.3, 0.4) is 0 Å². The van der Waals surface area contributed by atoms with Crippen LogP contribution in [0.1, 0.15) is 21.6 Å². The molecule has 1 N–H and O–H groups in total. The minimum absolute atomic E-state index is 0.0185. The van der Waals surface area contributed by atoms with Crippen molar-refractivity contribution in [1.29, 1.82) is 0 Å². The molecule has 2 aromatic rings. The SMILES string of the molecule is C=NC1=NC(c2cccc(NC(=O)c3ccc(C(F)(F)F)cn3)c2)(C(F)F)COC1. The third-order valence-corrected chi connectivity index (χ3v) is 4.37. The minimum Gasteiger partial charge on any atom is -0.370 e. The molecule has 1 amide bonds. The maximum Gasteiger partial charge on any atom is 0.417 e. The van der Waals surface area contributed by atoms with E-state index in [1.165, 1.54) is 24.3 Å². The van der Waals surface area contributed by atoms with Gasteiger partial charge < -0.3 is 10.1 Å². The summed E-state index contributed by atoms with van der Waals surface area (Å²) in [5.74, 6) is -0.784. The number of hydrogen-bond donors (Lipinski definition) is 1. The van der Waals surface area contributed by atoms with Gasteiger partial charge in [0.2, 0.25) is 0 Å². The average molecular weight is 426 g/mol. The van der Waals surface area contributed by atoms with Crippen LogP contribution in [0.15, 0.2) is 52.6 Å². The second-order valence-corrected chi connectivity index (χ2v) is 6.37. The molecule has 2 heterocycles. The summed E-state index contributed by atoms with van der Waals surface area (Å²) in [6, 6.07) is 7.20. The summed E-state index contributed by atoms with van der Waals surface area (Å²) in [5, 5.41) is 2.42. The quantitative estimate of drug-likeness (QED) is 0.594. The van der Waals surface area contributed by atoms with Crippen molar-refractivity contribution in [1.82, 2.24) is 4.98 Å². The molecule has 0 radical (unpaired) electrons. The van der Waals surface area contributed by atoms with E-state index in [0.717, 1.165) is 12.1 Å². The van der Waals surface area contributed by atoms with Gasteiger partial charge in [0.15, 0.2) is 5.54 Å². The van der Waals surface area contributed by atoms with E-state index >= 15 is 0 Å². The third kappa shape index (κ3) is 4.35. The van der Waals surface area contributed by atoms with E-state index in [2.05, 4.69) is 27.0 Å². The van der Waals surface area contributed by atoms with Crippen LogP contribution in [0.5, 0.6) is 0 Å². The number of hydrogen-bond acceptors (Lipinski definition) is 5. The number of nitrogens with zero attached hydrogens (tertiary/aromatic N) is 3. The molecule has 0 bridgehead atoms. The second kappa shape index (κ2) is 8.27. The van der Waals surface area contributed by atoms with Gasteiger partial charge >= 0.3 is 6.18 Å². The number of amides is 1. The molecule has 1 atom stereocenters. The molecule has 158 valence electrons. The molecule has 0 saturated heterocycles. The fraction of sp³-hybridized carbons (Fsp3) is 0.263. The zero-order valence-corrected chi connectivity index (χ0v) is 15.3. The molecule has 3 rings (SSSR count). The topological polar surface area (TPSA) is 75.9 Å². The lowest BCUT2D eigenvalue weighted by Crippen LogP contribution is -2.42. The first-order valence-corrected chi connectivity index (χ1v) is 8.52. The first kappa shape index (κ1) is 21.5. The van der Waals surface area contributed by atoms with E-state index < -0.39 is 36.2 Å². The fourth-order valence-corrected chi connectivity index (χ4v) is 2.82. The molecule has 1 aliphatic heterocycles. The van der Waals surface area contributed by atoms with E-state index in [-0.39, 0.29) is 29.4 Å². The molecule has 0 spiro atoms. The Morgan fingerprint density at radius 2 is 2.03 bits per heavy atom. The number of pyridine rings is 1. The molecule has 1 aromatic carbocycles. The zero-order valence-electron chi connectivity index (χ0n) is 15.3. The van der Waals surface area contributed by atoms with Crippen molar-refractivity contribution >= 4 is 24.1 Å². The monoisotopic (exact) mass is 426 g/mol.